The van der Waals surface area contributed by atoms with E-state index in [9.17, 15) is 10.1 Å². The molecule has 0 atom stereocenters. The Bertz CT molecular complexity index is 845. The van der Waals surface area contributed by atoms with Crippen molar-refractivity contribution in [3.8, 4) is 6.07 Å². The minimum atomic E-state index is -0.449. The molecule has 126 valence electrons. The average Bonchev–Trinajstić information content (AvgIpc) is 3.13. The van der Waals surface area contributed by atoms with Crippen LogP contribution in [0.2, 0.25) is 10.0 Å². The SMILES string of the molecule is N#C/C(=C\c1cnc(N2CCCC2)nc1)C(=O)c1cc(Cl)cc(Cl)c1. The number of Topliss-reactive ketones (excluding diaryl/α,β-unsaturated/α-hetero) is 1. The van der Waals surface area contributed by atoms with Gasteiger partial charge in [0.05, 0.1) is 0 Å². The Morgan fingerprint density at radius 1 is 1.12 bits per heavy atom. The number of carbonyl (C=O) groups is 1. The number of aromatic nitrogens is 2. The number of carbonyl (C=O) groups excluding carboxylic acids is 1. The standard InChI is InChI=1S/C18H14Cl2N4O/c19-15-6-13(7-16(20)8-15)17(25)14(9-21)5-12-10-22-18(23-11-12)24-3-1-2-4-24/h5-8,10-11H,1-4H2/b14-5+. The highest BCUT2D eigenvalue weighted by Gasteiger charge is 2.16. The maximum atomic E-state index is 12.5. The van der Waals surface area contributed by atoms with Gasteiger partial charge in [0.2, 0.25) is 11.7 Å². The molecule has 2 heterocycles. The Labute approximate surface area is 155 Å². The maximum absolute atomic E-state index is 12.5. The molecule has 0 saturated carbocycles. The molecule has 1 aliphatic heterocycles. The fraction of sp³-hybridized carbons (Fsp3) is 0.222. The number of hydrogen-bond donors (Lipinski definition) is 0. The molecule has 3 rings (SSSR count). The van der Waals surface area contributed by atoms with Crippen molar-refractivity contribution in [2.45, 2.75) is 12.8 Å². The molecule has 5 nitrogen and oxygen atoms in total. The lowest BCUT2D eigenvalue weighted by Gasteiger charge is -2.14. The number of allylic oxidation sites excluding steroid dienone is 1. The molecule has 2 aromatic rings. The van der Waals surface area contributed by atoms with Gasteiger partial charge in [-0.3, -0.25) is 4.79 Å². The van der Waals surface area contributed by atoms with Crippen molar-refractivity contribution >= 4 is 41.0 Å². The van der Waals surface area contributed by atoms with Gasteiger partial charge >= 0.3 is 0 Å². The van der Waals surface area contributed by atoms with Crippen molar-refractivity contribution < 1.29 is 4.79 Å². The zero-order valence-electron chi connectivity index (χ0n) is 13.2. The third-order valence-corrected chi connectivity index (χ3v) is 4.28. The van der Waals surface area contributed by atoms with E-state index in [0.717, 1.165) is 25.9 Å². The quantitative estimate of drug-likeness (QED) is 0.457. The third kappa shape index (κ3) is 4.16. The number of ketones is 1. The molecule has 1 saturated heterocycles. The summed E-state index contributed by atoms with van der Waals surface area (Å²) in [7, 11) is 0. The van der Waals surface area contributed by atoms with Gasteiger partial charge in [-0.2, -0.15) is 5.26 Å². The summed E-state index contributed by atoms with van der Waals surface area (Å²) in [4.78, 5) is 23.2. The first-order valence-electron chi connectivity index (χ1n) is 7.76. The second-order valence-corrected chi connectivity index (χ2v) is 6.54. The second kappa shape index (κ2) is 7.64. The summed E-state index contributed by atoms with van der Waals surface area (Å²) in [5.74, 6) is 0.219. The lowest BCUT2D eigenvalue weighted by Crippen LogP contribution is -2.20. The Balaban J connectivity index is 1.84. The smallest absolute Gasteiger partial charge is 0.225 e. The van der Waals surface area contributed by atoms with Gasteiger partial charge in [0.15, 0.2) is 0 Å². The number of halogens is 2. The molecule has 1 fully saturated rings. The molecular weight excluding hydrogens is 359 g/mol. The number of nitrogens with zero attached hydrogens (tertiary/aromatic N) is 4. The van der Waals surface area contributed by atoms with E-state index in [1.54, 1.807) is 12.4 Å². The van der Waals surface area contributed by atoms with E-state index in [0.29, 0.717) is 21.6 Å². The van der Waals surface area contributed by atoms with Crippen LogP contribution in [-0.2, 0) is 0 Å². The minimum Gasteiger partial charge on any atom is -0.341 e. The lowest BCUT2D eigenvalue weighted by atomic mass is 10.0. The van der Waals surface area contributed by atoms with Crippen molar-refractivity contribution in [2.75, 3.05) is 18.0 Å². The summed E-state index contributed by atoms with van der Waals surface area (Å²) in [5.41, 5.74) is 0.816. The number of anilines is 1. The molecule has 0 unspecified atom stereocenters. The minimum absolute atomic E-state index is 0.0316. The molecule has 0 N–H and O–H groups in total. The van der Waals surface area contributed by atoms with E-state index in [-0.39, 0.29) is 11.1 Å². The van der Waals surface area contributed by atoms with Crippen LogP contribution in [0.4, 0.5) is 5.95 Å². The predicted molar refractivity (Wildman–Crippen MR) is 97.9 cm³/mol. The fourth-order valence-electron chi connectivity index (χ4n) is 2.64. The lowest BCUT2D eigenvalue weighted by molar-refractivity contribution is 0.104. The molecule has 0 bridgehead atoms. The Morgan fingerprint density at radius 2 is 1.72 bits per heavy atom. The molecule has 0 radical (unpaired) electrons. The van der Waals surface area contributed by atoms with Crippen molar-refractivity contribution in [2.24, 2.45) is 0 Å². The number of hydrogen-bond acceptors (Lipinski definition) is 5. The second-order valence-electron chi connectivity index (χ2n) is 5.67. The molecular formula is C18H14Cl2N4O. The van der Waals surface area contributed by atoms with E-state index in [2.05, 4.69) is 14.9 Å². The molecule has 1 aromatic carbocycles. The molecule has 25 heavy (non-hydrogen) atoms. The zero-order valence-corrected chi connectivity index (χ0v) is 14.8. The van der Waals surface area contributed by atoms with E-state index in [4.69, 9.17) is 23.2 Å². The van der Waals surface area contributed by atoms with E-state index < -0.39 is 5.78 Å². The molecule has 0 spiro atoms. The van der Waals surface area contributed by atoms with Gasteiger partial charge in [-0.25, -0.2) is 9.97 Å². The van der Waals surface area contributed by atoms with Crippen LogP contribution in [0, 0.1) is 11.3 Å². The number of nitriles is 1. The Hall–Kier alpha value is -2.42. The molecule has 1 aromatic heterocycles. The number of benzene rings is 1. The van der Waals surface area contributed by atoms with Gasteiger partial charge in [0, 0.05) is 46.7 Å². The average molecular weight is 373 g/mol. The summed E-state index contributed by atoms with van der Waals surface area (Å²) in [6.07, 6.45) is 6.96. The van der Waals surface area contributed by atoms with Gasteiger partial charge in [-0.1, -0.05) is 23.2 Å². The van der Waals surface area contributed by atoms with Crippen LogP contribution in [0.25, 0.3) is 6.08 Å². The largest absolute Gasteiger partial charge is 0.341 e. The van der Waals surface area contributed by atoms with Gasteiger partial charge in [-0.15, -0.1) is 0 Å². The molecule has 7 heteroatoms. The maximum Gasteiger partial charge on any atom is 0.225 e. The van der Waals surface area contributed by atoms with Crippen LogP contribution < -0.4 is 4.90 Å². The molecule has 1 aliphatic rings. The van der Waals surface area contributed by atoms with E-state index >= 15 is 0 Å². The third-order valence-electron chi connectivity index (χ3n) is 3.85. The van der Waals surface area contributed by atoms with Crippen molar-refractivity contribution in [1.82, 2.24) is 9.97 Å². The van der Waals surface area contributed by atoms with E-state index in [1.807, 2.05) is 6.07 Å². The van der Waals surface area contributed by atoms with Gasteiger partial charge in [0.1, 0.15) is 11.6 Å². The molecule has 0 aliphatic carbocycles. The zero-order chi connectivity index (χ0) is 17.8. The summed E-state index contributed by atoms with van der Waals surface area (Å²) in [5, 5.41) is 10.0. The predicted octanol–water partition coefficient (Wildman–Crippen LogP) is 4.17. The van der Waals surface area contributed by atoms with Crippen molar-refractivity contribution in [1.29, 1.82) is 5.26 Å². The van der Waals surface area contributed by atoms with Gasteiger partial charge in [-0.05, 0) is 37.1 Å². The highest BCUT2D eigenvalue weighted by atomic mass is 35.5. The van der Waals surface area contributed by atoms with Crippen molar-refractivity contribution in [3.63, 3.8) is 0 Å². The van der Waals surface area contributed by atoms with Crippen LogP contribution in [0.3, 0.4) is 0 Å². The highest BCUT2D eigenvalue weighted by molar-refractivity contribution is 6.35. The van der Waals surface area contributed by atoms with Crippen LogP contribution in [0.15, 0.2) is 36.2 Å². The van der Waals surface area contributed by atoms with E-state index in [1.165, 1.54) is 24.3 Å². The highest BCUT2D eigenvalue weighted by Crippen LogP contribution is 2.22. The van der Waals surface area contributed by atoms with Crippen LogP contribution in [0.5, 0.6) is 0 Å². The fourth-order valence-corrected chi connectivity index (χ4v) is 3.17. The summed E-state index contributed by atoms with van der Waals surface area (Å²) in [6.45, 7) is 1.90. The number of rotatable bonds is 4. The summed E-state index contributed by atoms with van der Waals surface area (Å²) >= 11 is 11.8. The first kappa shape index (κ1) is 17.4. The van der Waals surface area contributed by atoms with Gasteiger partial charge < -0.3 is 4.90 Å². The Morgan fingerprint density at radius 3 is 2.28 bits per heavy atom. The normalized spacial score (nSPS) is 14.4. The topological polar surface area (TPSA) is 69.9 Å². The molecule has 0 amide bonds. The first-order chi connectivity index (χ1) is 12.1. The summed E-state index contributed by atoms with van der Waals surface area (Å²) < 4.78 is 0. The monoisotopic (exact) mass is 372 g/mol. The van der Waals surface area contributed by atoms with Crippen LogP contribution in [0.1, 0.15) is 28.8 Å². The van der Waals surface area contributed by atoms with Crippen LogP contribution in [-0.4, -0.2) is 28.8 Å². The summed E-state index contributed by atoms with van der Waals surface area (Å²) in [6, 6.07) is 6.41. The van der Waals surface area contributed by atoms with Gasteiger partial charge in [0.25, 0.3) is 0 Å². The first-order valence-corrected chi connectivity index (χ1v) is 8.52. The Kier molecular flexibility index (Phi) is 5.32. The van der Waals surface area contributed by atoms with Crippen LogP contribution >= 0.6 is 23.2 Å². The van der Waals surface area contributed by atoms with Crippen molar-refractivity contribution in [3.05, 3.63) is 57.3 Å².